The van der Waals surface area contributed by atoms with Crippen molar-refractivity contribution in [3.05, 3.63) is 47.0 Å². The van der Waals surface area contributed by atoms with Gasteiger partial charge in [-0.1, -0.05) is 12.1 Å². The maximum absolute atomic E-state index is 12.4. The molecule has 0 bridgehead atoms. The van der Waals surface area contributed by atoms with E-state index in [0.717, 1.165) is 17.0 Å². The monoisotopic (exact) mass is 313 g/mol. The number of amides is 1. The van der Waals surface area contributed by atoms with E-state index >= 15 is 0 Å². The van der Waals surface area contributed by atoms with Gasteiger partial charge < -0.3 is 14.8 Å². The van der Waals surface area contributed by atoms with Gasteiger partial charge >= 0.3 is 0 Å². The number of ether oxygens (including phenoxy) is 2. The van der Waals surface area contributed by atoms with Crippen LogP contribution in [0, 0.1) is 13.8 Å². The molecule has 0 unspecified atom stereocenters. The van der Waals surface area contributed by atoms with Crippen molar-refractivity contribution in [2.45, 2.75) is 26.3 Å². The molecule has 2 heterocycles. The van der Waals surface area contributed by atoms with Crippen molar-refractivity contribution in [1.82, 2.24) is 15.3 Å². The highest BCUT2D eigenvalue weighted by atomic mass is 16.5. The highest BCUT2D eigenvalue weighted by molar-refractivity contribution is 5.92. The third kappa shape index (κ3) is 3.26. The minimum Gasteiger partial charge on any atom is -0.493 e. The number of rotatable bonds is 3. The summed E-state index contributed by atoms with van der Waals surface area (Å²) in [5, 5.41) is 2.97. The molecular formula is C17H19N3O3. The molecule has 1 amide bonds. The molecule has 1 aromatic carbocycles. The summed E-state index contributed by atoms with van der Waals surface area (Å²) in [6, 6.07) is 7.35. The molecule has 2 aromatic rings. The zero-order valence-corrected chi connectivity index (χ0v) is 13.4. The van der Waals surface area contributed by atoms with E-state index in [2.05, 4.69) is 15.3 Å². The Morgan fingerprint density at radius 3 is 2.91 bits per heavy atom. The van der Waals surface area contributed by atoms with Crippen LogP contribution in [0.4, 0.5) is 0 Å². The number of nitrogens with zero attached hydrogens (tertiary/aromatic N) is 2. The van der Waals surface area contributed by atoms with Crippen molar-refractivity contribution in [3.8, 4) is 11.5 Å². The Balaban J connectivity index is 1.73. The standard InChI is InChI=1S/C17H19N3O3/c1-10-7-14(19-11(2)18-10)17(21)20-13-8-12-5-4-6-15(22-3)16(12)23-9-13/h4-7,13H,8-9H2,1-3H3,(H,20,21)/t13-/m0/s1. The van der Waals surface area contributed by atoms with Crippen LogP contribution >= 0.6 is 0 Å². The lowest BCUT2D eigenvalue weighted by atomic mass is 10.0. The predicted octanol–water partition coefficient (Wildman–Crippen LogP) is 1.84. The summed E-state index contributed by atoms with van der Waals surface area (Å²) in [5.74, 6) is 1.85. The fourth-order valence-corrected chi connectivity index (χ4v) is 2.74. The SMILES string of the molecule is COc1cccc2c1OC[C@@H](NC(=O)c1cc(C)nc(C)n1)C2. The molecule has 0 aliphatic carbocycles. The minimum atomic E-state index is -0.210. The van der Waals surface area contributed by atoms with E-state index in [4.69, 9.17) is 9.47 Å². The lowest BCUT2D eigenvalue weighted by Gasteiger charge is -2.27. The van der Waals surface area contributed by atoms with Gasteiger partial charge in [0.05, 0.1) is 13.2 Å². The van der Waals surface area contributed by atoms with Crippen LogP contribution in [0.3, 0.4) is 0 Å². The topological polar surface area (TPSA) is 73.3 Å². The van der Waals surface area contributed by atoms with Crippen LogP contribution in [-0.4, -0.2) is 35.6 Å². The van der Waals surface area contributed by atoms with E-state index in [9.17, 15) is 4.79 Å². The molecule has 0 spiro atoms. The second kappa shape index (κ2) is 6.24. The van der Waals surface area contributed by atoms with Crippen molar-refractivity contribution in [2.75, 3.05) is 13.7 Å². The molecule has 0 saturated heterocycles. The van der Waals surface area contributed by atoms with E-state index in [1.54, 1.807) is 20.1 Å². The molecule has 0 fully saturated rings. The largest absolute Gasteiger partial charge is 0.493 e. The summed E-state index contributed by atoms with van der Waals surface area (Å²) >= 11 is 0. The van der Waals surface area contributed by atoms with Gasteiger partial charge in [0.25, 0.3) is 5.91 Å². The Bertz CT molecular complexity index is 726. The van der Waals surface area contributed by atoms with E-state index in [-0.39, 0.29) is 11.9 Å². The number of carbonyl (C=O) groups is 1. The van der Waals surface area contributed by atoms with Gasteiger partial charge in [0.1, 0.15) is 18.1 Å². The maximum atomic E-state index is 12.4. The summed E-state index contributed by atoms with van der Waals surface area (Å²) in [6.45, 7) is 4.02. The van der Waals surface area contributed by atoms with E-state index in [1.807, 2.05) is 25.1 Å². The van der Waals surface area contributed by atoms with Gasteiger partial charge in [-0.05, 0) is 32.4 Å². The lowest BCUT2D eigenvalue weighted by molar-refractivity contribution is 0.0909. The van der Waals surface area contributed by atoms with Crippen LogP contribution in [0.25, 0.3) is 0 Å². The zero-order valence-electron chi connectivity index (χ0n) is 13.4. The van der Waals surface area contributed by atoms with Gasteiger partial charge in [-0.3, -0.25) is 4.79 Å². The number of aryl methyl sites for hydroxylation is 2. The number of aromatic nitrogens is 2. The molecule has 1 N–H and O–H groups in total. The maximum Gasteiger partial charge on any atom is 0.270 e. The molecule has 120 valence electrons. The number of hydrogen-bond donors (Lipinski definition) is 1. The molecule has 1 aromatic heterocycles. The highest BCUT2D eigenvalue weighted by Gasteiger charge is 2.24. The summed E-state index contributed by atoms with van der Waals surface area (Å²) in [5.41, 5.74) is 2.18. The van der Waals surface area contributed by atoms with Crippen LogP contribution in [0.5, 0.6) is 11.5 Å². The van der Waals surface area contributed by atoms with Gasteiger partial charge in [0.15, 0.2) is 11.5 Å². The average Bonchev–Trinajstić information content (AvgIpc) is 2.53. The Kier molecular flexibility index (Phi) is 4.14. The number of hydrogen-bond acceptors (Lipinski definition) is 5. The third-order valence-electron chi connectivity index (χ3n) is 3.71. The van der Waals surface area contributed by atoms with E-state index in [0.29, 0.717) is 30.3 Å². The molecular weight excluding hydrogens is 294 g/mol. The van der Waals surface area contributed by atoms with E-state index in [1.165, 1.54) is 0 Å². The highest BCUT2D eigenvalue weighted by Crippen LogP contribution is 2.34. The fourth-order valence-electron chi connectivity index (χ4n) is 2.74. The smallest absolute Gasteiger partial charge is 0.270 e. The third-order valence-corrected chi connectivity index (χ3v) is 3.71. The Morgan fingerprint density at radius 1 is 1.35 bits per heavy atom. The molecule has 23 heavy (non-hydrogen) atoms. The number of fused-ring (bicyclic) bond motifs is 1. The summed E-state index contributed by atoms with van der Waals surface area (Å²) in [7, 11) is 1.62. The van der Waals surface area contributed by atoms with E-state index < -0.39 is 0 Å². The van der Waals surface area contributed by atoms with Gasteiger partial charge in [-0.2, -0.15) is 0 Å². The first-order valence-electron chi connectivity index (χ1n) is 7.48. The molecule has 6 heteroatoms. The van der Waals surface area contributed by atoms with Crippen LogP contribution in [0.2, 0.25) is 0 Å². The molecule has 0 saturated carbocycles. The molecule has 0 radical (unpaired) electrons. The molecule has 3 rings (SSSR count). The Morgan fingerprint density at radius 2 is 2.17 bits per heavy atom. The molecule has 1 aliphatic rings. The van der Waals surface area contributed by atoms with Crippen LogP contribution in [0.15, 0.2) is 24.3 Å². The first-order valence-corrected chi connectivity index (χ1v) is 7.48. The second-order valence-electron chi connectivity index (χ2n) is 5.58. The van der Waals surface area contributed by atoms with Gasteiger partial charge in [0, 0.05) is 11.3 Å². The number of benzene rings is 1. The second-order valence-corrected chi connectivity index (χ2v) is 5.58. The summed E-state index contributed by atoms with van der Waals surface area (Å²) in [4.78, 5) is 20.7. The predicted molar refractivity (Wildman–Crippen MR) is 85.0 cm³/mol. The minimum absolute atomic E-state index is 0.0994. The molecule has 1 aliphatic heterocycles. The Hall–Kier alpha value is -2.63. The summed E-state index contributed by atoms with van der Waals surface area (Å²) < 4.78 is 11.1. The van der Waals surface area contributed by atoms with Gasteiger partial charge in [0.2, 0.25) is 0 Å². The molecule has 1 atom stereocenters. The van der Waals surface area contributed by atoms with Crippen molar-refractivity contribution in [2.24, 2.45) is 0 Å². The number of methoxy groups -OCH3 is 1. The van der Waals surface area contributed by atoms with Gasteiger partial charge in [-0.25, -0.2) is 9.97 Å². The van der Waals surface area contributed by atoms with Crippen molar-refractivity contribution in [1.29, 1.82) is 0 Å². The van der Waals surface area contributed by atoms with Crippen molar-refractivity contribution in [3.63, 3.8) is 0 Å². The van der Waals surface area contributed by atoms with Crippen LogP contribution < -0.4 is 14.8 Å². The van der Waals surface area contributed by atoms with Crippen LogP contribution in [-0.2, 0) is 6.42 Å². The molecule has 6 nitrogen and oxygen atoms in total. The van der Waals surface area contributed by atoms with Crippen molar-refractivity contribution < 1.29 is 14.3 Å². The van der Waals surface area contributed by atoms with Crippen molar-refractivity contribution >= 4 is 5.91 Å². The van der Waals surface area contributed by atoms with Gasteiger partial charge in [-0.15, -0.1) is 0 Å². The lowest BCUT2D eigenvalue weighted by Crippen LogP contribution is -2.43. The first kappa shape index (κ1) is 15.3. The number of para-hydroxylation sites is 1. The average molecular weight is 313 g/mol. The number of carbonyl (C=O) groups excluding carboxylic acids is 1. The fraction of sp³-hybridized carbons (Fsp3) is 0.353. The quantitative estimate of drug-likeness (QED) is 0.936. The normalized spacial score (nSPS) is 16.2. The number of nitrogens with one attached hydrogen (secondary N) is 1. The Labute approximate surface area is 134 Å². The van der Waals surface area contributed by atoms with Crippen LogP contribution in [0.1, 0.15) is 27.6 Å². The zero-order chi connectivity index (χ0) is 16.4. The summed E-state index contributed by atoms with van der Waals surface area (Å²) in [6.07, 6.45) is 0.696. The first-order chi connectivity index (χ1) is 11.1.